The van der Waals surface area contributed by atoms with Gasteiger partial charge in [0.2, 0.25) is 0 Å². The average molecular weight is 351 g/mol. The molecule has 1 aliphatic heterocycles. The number of hydrogen-bond acceptors (Lipinski definition) is 4. The zero-order valence-corrected chi connectivity index (χ0v) is 14.8. The number of esters is 1. The predicted molar refractivity (Wildman–Crippen MR) is 96.0 cm³/mol. The van der Waals surface area contributed by atoms with Crippen molar-refractivity contribution in [3.63, 3.8) is 0 Å². The molecule has 0 saturated carbocycles. The number of benzene rings is 1. The molecule has 1 fully saturated rings. The fourth-order valence-corrected chi connectivity index (χ4v) is 3.22. The van der Waals surface area contributed by atoms with Gasteiger partial charge >= 0.3 is 5.97 Å². The molecule has 2 aromatic rings. The van der Waals surface area contributed by atoms with E-state index in [2.05, 4.69) is 5.32 Å². The van der Waals surface area contributed by atoms with Crippen LogP contribution in [0.2, 0.25) is 0 Å². The Morgan fingerprint density at radius 3 is 2.62 bits per heavy atom. The van der Waals surface area contributed by atoms with Crippen LogP contribution in [0.4, 0.5) is 0 Å². The molecular weight excluding hydrogens is 328 g/mol. The Morgan fingerprint density at radius 2 is 1.96 bits per heavy atom. The third-order valence-electron chi connectivity index (χ3n) is 4.52. The largest absolute Gasteiger partial charge is 0.461 e. The molecule has 0 amide bonds. The summed E-state index contributed by atoms with van der Waals surface area (Å²) in [6.07, 6.45) is 1.78. The van der Waals surface area contributed by atoms with E-state index < -0.39 is 0 Å². The van der Waals surface area contributed by atoms with Gasteiger partial charge in [0.1, 0.15) is 5.69 Å². The number of rotatable bonds is 4. The molecule has 0 bridgehead atoms. The minimum absolute atomic E-state index is 0. The highest BCUT2D eigenvalue weighted by atomic mass is 35.5. The van der Waals surface area contributed by atoms with Gasteiger partial charge in [0, 0.05) is 29.4 Å². The molecular formula is C18H23ClN2O3. The van der Waals surface area contributed by atoms with E-state index in [0.717, 1.165) is 42.4 Å². The maximum absolute atomic E-state index is 12.6. The second kappa shape index (κ2) is 7.81. The van der Waals surface area contributed by atoms with Crippen molar-refractivity contribution in [2.75, 3.05) is 19.7 Å². The molecule has 5 nitrogen and oxygen atoms in total. The van der Waals surface area contributed by atoms with E-state index in [4.69, 9.17) is 4.74 Å². The quantitative estimate of drug-likeness (QED) is 0.680. The molecule has 1 N–H and O–H groups in total. The third-order valence-corrected chi connectivity index (χ3v) is 4.52. The number of nitrogens with zero attached hydrogens (tertiary/aromatic N) is 1. The lowest BCUT2D eigenvalue weighted by atomic mass is 9.89. The first-order valence-electron chi connectivity index (χ1n) is 8.13. The first-order chi connectivity index (χ1) is 11.1. The highest BCUT2D eigenvalue weighted by molar-refractivity contribution is 6.02. The fraction of sp³-hybridized carbons (Fsp3) is 0.444. The van der Waals surface area contributed by atoms with E-state index in [9.17, 15) is 9.59 Å². The molecule has 24 heavy (non-hydrogen) atoms. The summed E-state index contributed by atoms with van der Waals surface area (Å²) in [5.74, 6) is -0.0330. The number of aromatic nitrogens is 1. The highest BCUT2D eigenvalue weighted by Gasteiger charge is 2.23. The van der Waals surface area contributed by atoms with Gasteiger partial charge in [-0.2, -0.15) is 0 Å². The normalized spacial score (nSPS) is 15.1. The second-order valence-electron chi connectivity index (χ2n) is 5.97. The van der Waals surface area contributed by atoms with E-state index in [1.54, 1.807) is 13.0 Å². The summed E-state index contributed by atoms with van der Waals surface area (Å²) in [4.78, 5) is 24.6. The Bertz CT molecular complexity index is 748. The number of ether oxygens (including phenoxy) is 1. The Hall–Kier alpha value is -1.85. The van der Waals surface area contributed by atoms with Crippen molar-refractivity contribution in [2.45, 2.75) is 19.8 Å². The number of nitrogens with one attached hydrogen (secondary N) is 1. The van der Waals surface area contributed by atoms with E-state index in [1.807, 2.05) is 29.8 Å². The molecule has 0 unspecified atom stereocenters. The molecule has 3 rings (SSSR count). The molecule has 0 atom stereocenters. The van der Waals surface area contributed by atoms with Gasteiger partial charge < -0.3 is 14.6 Å². The fourth-order valence-electron chi connectivity index (χ4n) is 3.22. The van der Waals surface area contributed by atoms with Gasteiger partial charge in [0.05, 0.1) is 6.61 Å². The highest BCUT2D eigenvalue weighted by Crippen LogP contribution is 2.24. The van der Waals surface area contributed by atoms with Gasteiger partial charge in [0.25, 0.3) is 0 Å². The molecule has 1 aliphatic rings. The van der Waals surface area contributed by atoms with Crippen molar-refractivity contribution in [1.82, 2.24) is 9.88 Å². The number of hydrogen-bond donors (Lipinski definition) is 1. The van der Waals surface area contributed by atoms with E-state index in [1.165, 1.54) is 0 Å². The third kappa shape index (κ3) is 3.47. The molecule has 0 aliphatic carbocycles. The SMILES string of the molecule is CCOC(=O)c1cc2cc(C(=O)C3CCNCC3)ccc2n1C.Cl. The first-order valence-corrected chi connectivity index (χ1v) is 8.13. The first kappa shape index (κ1) is 18.5. The maximum atomic E-state index is 12.6. The molecule has 1 saturated heterocycles. The van der Waals surface area contributed by atoms with E-state index in [-0.39, 0.29) is 30.1 Å². The zero-order chi connectivity index (χ0) is 16.4. The Balaban J connectivity index is 0.00000208. The van der Waals surface area contributed by atoms with Gasteiger partial charge in [-0.25, -0.2) is 4.79 Å². The number of fused-ring (bicyclic) bond motifs is 1. The van der Waals surface area contributed by atoms with Crippen LogP contribution in [0.15, 0.2) is 24.3 Å². The lowest BCUT2D eigenvalue weighted by molar-refractivity contribution is 0.0515. The van der Waals surface area contributed by atoms with Crippen LogP contribution < -0.4 is 5.32 Å². The minimum atomic E-state index is -0.336. The van der Waals surface area contributed by atoms with Crippen LogP contribution in [0.1, 0.15) is 40.6 Å². The van der Waals surface area contributed by atoms with Gasteiger partial charge in [0.15, 0.2) is 5.78 Å². The van der Waals surface area contributed by atoms with Crippen molar-refractivity contribution in [2.24, 2.45) is 13.0 Å². The topological polar surface area (TPSA) is 60.3 Å². The predicted octanol–water partition coefficient (Wildman–Crippen LogP) is 2.96. The summed E-state index contributed by atoms with van der Waals surface area (Å²) < 4.78 is 6.89. The number of halogens is 1. The molecule has 0 radical (unpaired) electrons. The van der Waals surface area contributed by atoms with E-state index >= 15 is 0 Å². The summed E-state index contributed by atoms with van der Waals surface area (Å²) in [5, 5.41) is 4.18. The maximum Gasteiger partial charge on any atom is 0.354 e. The number of ketones is 1. The number of Topliss-reactive ketones (excluding diaryl/α,β-unsaturated/α-hetero) is 1. The van der Waals surface area contributed by atoms with Gasteiger partial charge in [-0.15, -0.1) is 12.4 Å². The van der Waals surface area contributed by atoms with Crippen molar-refractivity contribution in [3.8, 4) is 0 Å². The molecule has 2 heterocycles. The zero-order valence-electron chi connectivity index (χ0n) is 14.0. The van der Waals surface area contributed by atoms with Crippen LogP contribution in [-0.2, 0) is 11.8 Å². The van der Waals surface area contributed by atoms with Crippen LogP contribution in [0.5, 0.6) is 0 Å². The summed E-state index contributed by atoms with van der Waals surface area (Å²) in [7, 11) is 1.84. The summed E-state index contributed by atoms with van der Waals surface area (Å²) in [6.45, 7) is 3.93. The molecule has 0 spiro atoms. The Kier molecular flexibility index (Phi) is 6.02. The number of carbonyl (C=O) groups is 2. The average Bonchev–Trinajstić information content (AvgIpc) is 2.91. The van der Waals surface area contributed by atoms with Crippen LogP contribution in [-0.4, -0.2) is 36.0 Å². The lowest BCUT2D eigenvalue weighted by Gasteiger charge is -2.21. The summed E-state index contributed by atoms with van der Waals surface area (Å²) >= 11 is 0. The van der Waals surface area contributed by atoms with Crippen LogP contribution in [0.3, 0.4) is 0 Å². The minimum Gasteiger partial charge on any atom is -0.461 e. The van der Waals surface area contributed by atoms with E-state index in [0.29, 0.717) is 12.3 Å². The van der Waals surface area contributed by atoms with Gasteiger partial charge in [-0.3, -0.25) is 4.79 Å². The standard InChI is InChI=1S/C18H22N2O3.ClH/c1-3-23-18(22)16-11-14-10-13(4-5-15(14)20(16)2)17(21)12-6-8-19-9-7-12;/h4-5,10-12,19H,3,6-9H2,1-2H3;1H. The van der Waals surface area contributed by atoms with Crippen LogP contribution in [0.25, 0.3) is 10.9 Å². The van der Waals surface area contributed by atoms with Crippen LogP contribution in [0, 0.1) is 5.92 Å². The van der Waals surface area contributed by atoms with Crippen molar-refractivity contribution in [3.05, 3.63) is 35.5 Å². The van der Waals surface area contributed by atoms with Crippen molar-refractivity contribution in [1.29, 1.82) is 0 Å². The van der Waals surface area contributed by atoms with Crippen LogP contribution >= 0.6 is 12.4 Å². The number of aryl methyl sites for hydroxylation is 1. The second-order valence-corrected chi connectivity index (χ2v) is 5.97. The summed E-state index contributed by atoms with van der Waals surface area (Å²) in [5.41, 5.74) is 2.16. The Morgan fingerprint density at radius 1 is 1.25 bits per heavy atom. The van der Waals surface area contributed by atoms with Crippen molar-refractivity contribution >= 4 is 35.1 Å². The Labute approximate surface area is 147 Å². The lowest BCUT2D eigenvalue weighted by Crippen LogP contribution is -2.31. The molecule has 130 valence electrons. The molecule has 1 aromatic heterocycles. The number of carbonyl (C=O) groups excluding carboxylic acids is 2. The number of piperidine rings is 1. The monoisotopic (exact) mass is 350 g/mol. The molecule has 1 aromatic carbocycles. The van der Waals surface area contributed by atoms with Crippen molar-refractivity contribution < 1.29 is 14.3 Å². The van der Waals surface area contributed by atoms with Gasteiger partial charge in [-0.05, 0) is 57.1 Å². The molecule has 6 heteroatoms. The summed E-state index contributed by atoms with van der Waals surface area (Å²) in [6, 6.07) is 7.46. The van der Waals surface area contributed by atoms with Gasteiger partial charge in [-0.1, -0.05) is 0 Å². The smallest absolute Gasteiger partial charge is 0.354 e.